The Kier molecular flexibility index (Phi) is 4.21. The van der Waals surface area contributed by atoms with Gasteiger partial charge in [0, 0.05) is 10.6 Å². The summed E-state index contributed by atoms with van der Waals surface area (Å²) in [6.07, 6.45) is 0. The normalized spacial score (nSPS) is 14.3. The average molecular weight is 331 g/mol. The molecule has 23 heavy (non-hydrogen) atoms. The van der Waals surface area contributed by atoms with Crippen molar-refractivity contribution in [2.24, 2.45) is 0 Å². The van der Waals surface area contributed by atoms with Crippen molar-refractivity contribution in [3.63, 3.8) is 0 Å². The largest absolute Gasteiger partial charge is 0.482 e. The topological polar surface area (TPSA) is 67.4 Å². The minimum absolute atomic E-state index is 0.0447. The molecule has 1 aliphatic heterocycles. The summed E-state index contributed by atoms with van der Waals surface area (Å²) < 4.78 is 5.32. The van der Waals surface area contributed by atoms with Gasteiger partial charge in [0.25, 0.3) is 11.8 Å². The fourth-order valence-electron chi connectivity index (χ4n) is 2.36. The molecule has 5 nitrogen and oxygen atoms in total. The van der Waals surface area contributed by atoms with Crippen LogP contribution in [-0.4, -0.2) is 18.4 Å². The van der Waals surface area contributed by atoms with Crippen LogP contribution in [0.1, 0.15) is 28.9 Å². The van der Waals surface area contributed by atoms with E-state index in [0.717, 1.165) is 5.56 Å². The van der Waals surface area contributed by atoms with Crippen LogP contribution in [0.15, 0.2) is 42.5 Å². The van der Waals surface area contributed by atoms with Crippen LogP contribution >= 0.6 is 11.6 Å². The Bertz CT molecular complexity index is 776. The molecule has 0 spiro atoms. The van der Waals surface area contributed by atoms with E-state index in [4.69, 9.17) is 16.3 Å². The average Bonchev–Trinajstić information content (AvgIpc) is 2.54. The third kappa shape index (κ3) is 3.46. The van der Waals surface area contributed by atoms with Crippen LogP contribution in [0.2, 0.25) is 5.02 Å². The molecule has 0 bridgehead atoms. The van der Waals surface area contributed by atoms with Crippen LogP contribution in [0, 0.1) is 0 Å². The second-order valence-electron chi connectivity index (χ2n) is 5.30. The molecular formula is C17H15ClN2O3. The summed E-state index contributed by atoms with van der Waals surface area (Å²) in [4.78, 5) is 23.6. The van der Waals surface area contributed by atoms with E-state index >= 15 is 0 Å². The highest BCUT2D eigenvalue weighted by Crippen LogP contribution is 2.28. The van der Waals surface area contributed by atoms with E-state index in [0.29, 0.717) is 22.0 Å². The highest BCUT2D eigenvalue weighted by Gasteiger charge is 2.18. The summed E-state index contributed by atoms with van der Waals surface area (Å²) >= 11 is 5.97. The van der Waals surface area contributed by atoms with Crippen LogP contribution in [0.25, 0.3) is 0 Å². The third-order valence-electron chi connectivity index (χ3n) is 3.57. The minimum Gasteiger partial charge on any atom is -0.482 e. The first kappa shape index (κ1) is 15.4. The van der Waals surface area contributed by atoms with Crippen molar-refractivity contribution < 1.29 is 14.3 Å². The molecule has 3 rings (SSSR count). The summed E-state index contributed by atoms with van der Waals surface area (Å²) in [5.41, 5.74) is 1.96. The molecule has 2 amide bonds. The van der Waals surface area contributed by atoms with E-state index in [9.17, 15) is 9.59 Å². The number of ether oxygens (including phenoxy) is 1. The Morgan fingerprint density at radius 3 is 2.91 bits per heavy atom. The summed E-state index contributed by atoms with van der Waals surface area (Å²) in [7, 11) is 0. The van der Waals surface area contributed by atoms with Gasteiger partial charge in [-0.2, -0.15) is 0 Å². The summed E-state index contributed by atoms with van der Waals surface area (Å²) in [6, 6.07) is 12.1. The van der Waals surface area contributed by atoms with Crippen LogP contribution in [0.3, 0.4) is 0 Å². The zero-order valence-corrected chi connectivity index (χ0v) is 13.2. The van der Waals surface area contributed by atoms with E-state index < -0.39 is 0 Å². The zero-order valence-electron chi connectivity index (χ0n) is 12.4. The molecule has 0 radical (unpaired) electrons. The molecule has 1 heterocycles. The van der Waals surface area contributed by atoms with Crippen LogP contribution in [0.5, 0.6) is 5.75 Å². The van der Waals surface area contributed by atoms with Crippen LogP contribution in [-0.2, 0) is 4.79 Å². The number of rotatable bonds is 3. The maximum atomic E-state index is 12.4. The van der Waals surface area contributed by atoms with Gasteiger partial charge in [-0.25, -0.2) is 0 Å². The molecule has 118 valence electrons. The monoisotopic (exact) mass is 330 g/mol. The second-order valence-corrected chi connectivity index (χ2v) is 5.73. The molecule has 0 saturated carbocycles. The number of anilines is 1. The summed E-state index contributed by atoms with van der Waals surface area (Å²) in [5, 5.41) is 6.23. The lowest BCUT2D eigenvalue weighted by atomic mass is 10.1. The van der Waals surface area contributed by atoms with Gasteiger partial charge in [0.1, 0.15) is 5.75 Å². The summed E-state index contributed by atoms with van der Waals surface area (Å²) in [6.45, 7) is 1.84. The molecule has 0 aromatic heterocycles. The number of hydrogen-bond acceptors (Lipinski definition) is 3. The predicted octanol–water partition coefficient (Wildman–Crippen LogP) is 3.16. The minimum atomic E-state index is -0.222. The number of benzene rings is 2. The van der Waals surface area contributed by atoms with Gasteiger partial charge in [-0.1, -0.05) is 23.7 Å². The first-order chi connectivity index (χ1) is 11.0. The molecule has 0 fully saturated rings. The van der Waals surface area contributed by atoms with Crippen LogP contribution < -0.4 is 15.4 Å². The lowest BCUT2D eigenvalue weighted by molar-refractivity contribution is -0.118. The van der Waals surface area contributed by atoms with Crippen molar-refractivity contribution in [1.82, 2.24) is 5.32 Å². The quantitative estimate of drug-likeness (QED) is 0.908. The first-order valence-corrected chi connectivity index (χ1v) is 7.54. The van der Waals surface area contributed by atoms with Gasteiger partial charge in [-0.05, 0) is 42.8 Å². The van der Waals surface area contributed by atoms with E-state index in [1.807, 2.05) is 25.1 Å². The maximum absolute atomic E-state index is 12.4. The van der Waals surface area contributed by atoms with Crippen molar-refractivity contribution in [2.45, 2.75) is 13.0 Å². The highest BCUT2D eigenvalue weighted by atomic mass is 35.5. The zero-order chi connectivity index (χ0) is 16.4. The Labute approximate surface area is 138 Å². The molecule has 2 N–H and O–H groups in total. The van der Waals surface area contributed by atoms with Gasteiger partial charge >= 0.3 is 0 Å². The van der Waals surface area contributed by atoms with Crippen molar-refractivity contribution >= 4 is 29.1 Å². The number of halogens is 1. The standard InChI is InChI=1S/C17H15ClN2O3/c1-10(11-3-2-4-13(18)7-11)19-17(22)12-5-6-14-15(8-12)23-9-16(21)20-14/h2-8,10H,9H2,1H3,(H,19,22)(H,20,21). The number of carbonyl (C=O) groups is 2. The highest BCUT2D eigenvalue weighted by molar-refractivity contribution is 6.30. The second kappa shape index (κ2) is 6.30. The Hall–Kier alpha value is -2.53. The van der Waals surface area contributed by atoms with Crippen molar-refractivity contribution in [3.05, 3.63) is 58.6 Å². The number of hydrogen-bond donors (Lipinski definition) is 2. The van der Waals surface area contributed by atoms with Gasteiger partial charge in [0.2, 0.25) is 0 Å². The fraction of sp³-hybridized carbons (Fsp3) is 0.176. The van der Waals surface area contributed by atoms with Gasteiger partial charge in [-0.15, -0.1) is 0 Å². The number of fused-ring (bicyclic) bond motifs is 1. The first-order valence-electron chi connectivity index (χ1n) is 7.16. The Morgan fingerprint density at radius 2 is 2.13 bits per heavy atom. The van der Waals surface area contributed by atoms with Gasteiger partial charge in [0.05, 0.1) is 11.7 Å². The molecular weight excluding hydrogens is 316 g/mol. The molecule has 1 atom stereocenters. The molecule has 0 aliphatic carbocycles. The molecule has 1 aliphatic rings. The molecule has 2 aromatic carbocycles. The van der Waals surface area contributed by atoms with E-state index in [-0.39, 0.29) is 24.5 Å². The third-order valence-corrected chi connectivity index (χ3v) is 3.81. The predicted molar refractivity (Wildman–Crippen MR) is 87.9 cm³/mol. The number of amides is 2. The lowest BCUT2D eigenvalue weighted by Crippen LogP contribution is -2.28. The van der Waals surface area contributed by atoms with Crippen molar-refractivity contribution in [2.75, 3.05) is 11.9 Å². The van der Waals surface area contributed by atoms with Gasteiger partial charge < -0.3 is 15.4 Å². The smallest absolute Gasteiger partial charge is 0.262 e. The number of carbonyl (C=O) groups excluding carboxylic acids is 2. The summed E-state index contributed by atoms with van der Waals surface area (Å²) in [5.74, 6) is 0.0673. The van der Waals surface area contributed by atoms with Gasteiger partial charge in [0.15, 0.2) is 6.61 Å². The Balaban J connectivity index is 1.74. The molecule has 0 saturated heterocycles. The van der Waals surface area contributed by atoms with Crippen LogP contribution in [0.4, 0.5) is 5.69 Å². The van der Waals surface area contributed by atoms with Crippen molar-refractivity contribution in [1.29, 1.82) is 0 Å². The fourth-order valence-corrected chi connectivity index (χ4v) is 2.55. The molecule has 1 unspecified atom stereocenters. The number of nitrogens with one attached hydrogen (secondary N) is 2. The van der Waals surface area contributed by atoms with E-state index in [1.54, 1.807) is 24.3 Å². The maximum Gasteiger partial charge on any atom is 0.262 e. The van der Waals surface area contributed by atoms with Crippen molar-refractivity contribution in [3.8, 4) is 5.75 Å². The SMILES string of the molecule is CC(NC(=O)c1ccc2c(c1)OCC(=O)N2)c1cccc(Cl)c1. The Morgan fingerprint density at radius 1 is 1.30 bits per heavy atom. The lowest BCUT2D eigenvalue weighted by Gasteiger charge is -2.19. The van der Waals surface area contributed by atoms with E-state index in [1.165, 1.54) is 0 Å². The molecule has 6 heteroatoms. The van der Waals surface area contributed by atoms with E-state index in [2.05, 4.69) is 10.6 Å². The van der Waals surface area contributed by atoms with Gasteiger partial charge in [-0.3, -0.25) is 9.59 Å². The molecule has 2 aromatic rings.